The zero-order valence-electron chi connectivity index (χ0n) is 24.8. The van der Waals surface area contributed by atoms with Crippen LogP contribution < -0.4 is 0 Å². The quantitative estimate of drug-likeness (QED) is 0.152. The summed E-state index contributed by atoms with van der Waals surface area (Å²) >= 11 is 0. The molecule has 9 aromatic rings. The Morgan fingerprint density at radius 1 is 0.348 bits per heavy atom. The normalized spacial score (nSPS) is 11.5. The lowest BCUT2D eigenvalue weighted by Crippen LogP contribution is -1.92. The minimum absolute atomic E-state index is 0.926. The molecule has 0 radical (unpaired) electrons. The molecule has 0 unspecified atom stereocenters. The van der Waals surface area contributed by atoms with Crippen molar-refractivity contribution in [3.05, 3.63) is 158 Å². The van der Waals surface area contributed by atoms with Crippen molar-refractivity contribution in [3.63, 3.8) is 0 Å². The zero-order chi connectivity index (χ0) is 30.5. The fourth-order valence-corrected chi connectivity index (χ4v) is 6.54. The lowest BCUT2D eigenvalue weighted by atomic mass is 9.92. The lowest BCUT2D eigenvalue weighted by molar-refractivity contribution is 1.31. The van der Waals surface area contributed by atoms with Gasteiger partial charge in [0.1, 0.15) is 0 Å². The van der Waals surface area contributed by atoms with Gasteiger partial charge in [0, 0.05) is 51.4 Å². The van der Waals surface area contributed by atoms with E-state index in [0.717, 1.165) is 71.9 Å². The van der Waals surface area contributed by atoms with Gasteiger partial charge in [-0.15, -0.1) is 0 Å². The number of aromatic nitrogens is 4. The van der Waals surface area contributed by atoms with Gasteiger partial charge in [0.15, 0.2) is 0 Å². The van der Waals surface area contributed by atoms with E-state index in [-0.39, 0.29) is 0 Å². The van der Waals surface area contributed by atoms with Crippen molar-refractivity contribution < 1.29 is 0 Å². The monoisotopic (exact) mass is 586 g/mol. The van der Waals surface area contributed by atoms with Gasteiger partial charge < -0.3 is 0 Å². The molecule has 0 spiro atoms. The number of hydrogen-bond donors (Lipinski definition) is 0. The molecule has 0 N–H and O–H groups in total. The summed E-state index contributed by atoms with van der Waals surface area (Å²) in [6, 6.07) is 48.9. The van der Waals surface area contributed by atoms with Crippen LogP contribution in [0.15, 0.2) is 158 Å². The zero-order valence-corrected chi connectivity index (χ0v) is 24.8. The Bertz CT molecular complexity index is 2520. The van der Waals surface area contributed by atoms with Crippen LogP contribution in [-0.4, -0.2) is 19.9 Å². The summed E-state index contributed by atoms with van der Waals surface area (Å²) in [5.41, 5.74) is 11.4. The highest BCUT2D eigenvalue weighted by Crippen LogP contribution is 2.39. The van der Waals surface area contributed by atoms with E-state index < -0.39 is 0 Å². The fraction of sp³-hybridized carbons (Fsp3) is 0. The van der Waals surface area contributed by atoms with E-state index in [1.54, 1.807) is 0 Å². The van der Waals surface area contributed by atoms with Crippen LogP contribution in [-0.2, 0) is 0 Å². The molecule has 0 bridgehead atoms. The second-order valence-electron chi connectivity index (χ2n) is 11.5. The van der Waals surface area contributed by atoms with Crippen LogP contribution in [0.1, 0.15) is 0 Å². The fourth-order valence-electron chi connectivity index (χ4n) is 6.54. The van der Waals surface area contributed by atoms with E-state index >= 15 is 0 Å². The maximum absolute atomic E-state index is 5.09. The Hall–Kier alpha value is -6.26. The third-order valence-electron chi connectivity index (χ3n) is 8.74. The van der Waals surface area contributed by atoms with E-state index in [4.69, 9.17) is 9.97 Å². The lowest BCUT2D eigenvalue weighted by Gasteiger charge is -2.14. The first-order valence-electron chi connectivity index (χ1n) is 15.4. The number of nitrogens with zero attached hydrogens (tertiary/aromatic N) is 4. The van der Waals surface area contributed by atoms with Crippen molar-refractivity contribution in [2.45, 2.75) is 0 Å². The summed E-state index contributed by atoms with van der Waals surface area (Å²) < 4.78 is 0. The smallest absolute Gasteiger partial charge is 0.0978 e. The Labute approximate surface area is 265 Å². The van der Waals surface area contributed by atoms with Gasteiger partial charge in [0.05, 0.1) is 27.9 Å². The van der Waals surface area contributed by atoms with E-state index in [0.29, 0.717) is 0 Å². The number of hydrogen-bond acceptors (Lipinski definition) is 4. The van der Waals surface area contributed by atoms with Crippen LogP contribution in [0, 0.1) is 0 Å². The van der Waals surface area contributed by atoms with Gasteiger partial charge in [-0.2, -0.15) is 0 Å². The van der Waals surface area contributed by atoms with E-state index in [9.17, 15) is 0 Å². The average molecular weight is 587 g/mol. The van der Waals surface area contributed by atoms with Crippen LogP contribution in [0.2, 0.25) is 0 Å². The maximum atomic E-state index is 5.09. The molecule has 0 atom stereocenters. The van der Waals surface area contributed by atoms with Gasteiger partial charge in [0.25, 0.3) is 0 Å². The van der Waals surface area contributed by atoms with Crippen LogP contribution in [0.4, 0.5) is 0 Å². The molecule has 4 aromatic heterocycles. The van der Waals surface area contributed by atoms with Gasteiger partial charge in [-0.25, -0.2) is 4.98 Å². The second kappa shape index (κ2) is 10.7. The number of pyridine rings is 4. The molecule has 0 aliphatic heterocycles. The molecular weight excluding hydrogens is 560 g/mol. The molecule has 5 aromatic carbocycles. The van der Waals surface area contributed by atoms with Crippen molar-refractivity contribution in [1.29, 1.82) is 0 Å². The highest BCUT2D eigenvalue weighted by Gasteiger charge is 2.15. The number of rotatable bonds is 4. The first-order chi connectivity index (χ1) is 22.8. The van der Waals surface area contributed by atoms with Crippen LogP contribution in [0.3, 0.4) is 0 Å². The first kappa shape index (κ1) is 26.2. The van der Waals surface area contributed by atoms with Crippen LogP contribution in [0.5, 0.6) is 0 Å². The van der Waals surface area contributed by atoms with Gasteiger partial charge in [0.2, 0.25) is 0 Å². The minimum Gasteiger partial charge on any atom is -0.256 e. The predicted octanol–water partition coefficient (Wildman–Crippen LogP) is 10.5. The molecule has 4 heterocycles. The largest absolute Gasteiger partial charge is 0.256 e. The van der Waals surface area contributed by atoms with E-state index in [1.807, 2.05) is 55.0 Å². The Kier molecular flexibility index (Phi) is 6.10. The minimum atomic E-state index is 0.926. The standard InChI is InChI=1S/C42H26N4/c1-2-12-39-35(9-1)40(36-18-17-27-8-7-21-45-41(27)42(36)46-39)31-16-15-28-22-30(14-13-29(28)23-31)32-24-33(37-10-3-5-19-43-37)26-34(25-32)38-11-4-6-20-44-38/h1-26H. The molecule has 0 saturated carbocycles. The third kappa shape index (κ3) is 4.47. The second-order valence-corrected chi connectivity index (χ2v) is 11.5. The number of benzene rings is 5. The Morgan fingerprint density at radius 2 is 0.978 bits per heavy atom. The van der Waals surface area contributed by atoms with Crippen LogP contribution in [0.25, 0.3) is 88.2 Å². The summed E-state index contributed by atoms with van der Waals surface area (Å²) in [6.45, 7) is 0. The molecule has 0 aliphatic rings. The number of fused-ring (bicyclic) bond motifs is 5. The molecule has 0 saturated heterocycles. The summed E-state index contributed by atoms with van der Waals surface area (Å²) in [5.74, 6) is 0. The molecule has 4 heteroatoms. The Balaban J connectivity index is 1.20. The molecule has 0 fully saturated rings. The maximum Gasteiger partial charge on any atom is 0.0978 e. The van der Waals surface area contributed by atoms with Gasteiger partial charge in [-0.3, -0.25) is 15.0 Å². The van der Waals surface area contributed by atoms with Crippen LogP contribution >= 0.6 is 0 Å². The molecule has 0 aliphatic carbocycles. The molecule has 46 heavy (non-hydrogen) atoms. The summed E-state index contributed by atoms with van der Waals surface area (Å²) in [4.78, 5) is 19.1. The highest BCUT2D eigenvalue weighted by atomic mass is 14.7. The molecule has 9 rings (SSSR count). The predicted molar refractivity (Wildman–Crippen MR) is 189 cm³/mol. The van der Waals surface area contributed by atoms with Gasteiger partial charge in [-0.05, 0) is 94.2 Å². The van der Waals surface area contributed by atoms with E-state index in [2.05, 4.69) is 113 Å². The van der Waals surface area contributed by atoms with Crippen molar-refractivity contribution >= 4 is 43.5 Å². The molecule has 214 valence electrons. The van der Waals surface area contributed by atoms with Crippen molar-refractivity contribution in [3.8, 4) is 44.8 Å². The SMILES string of the molecule is c1ccc(-c2cc(-c3ccc4cc(-c5c6ccccc6nc6c5ccc5cccnc56)ccc4c3)cc(-c3ccccn3)c2)nc1. The third-order valence-corrected chi connectivity index (χ3v) is 8.74. The Morgan fingerprint density at radius 3 is 1.72 bits per heavy atom. The summed E-state index contributed by atoms with van der Waals surface area (Å²) in [5, 5.41) is 5.69. The van der Waals surface area contributed by atoms with E-state index in [1.165, 1.54) is 16.3 Å². The summed E-state index contributed by atoms with van der Waals surface area (Å²) in [6.07, 6.45) is 5.52. The highest BCUT2D eigenvalue weighted by molar-refractivity contribution is 6.16. The van der Waals surface area contributed by atoms with Gasteiger partial charge in [-0.1, -0.05) is 72.8 Å². The van der Waals surface area contributed by atoms with Gasteiger partial charge >= 0.3 is 0 Å². The van der Waals surface area contributed by atoms with Crippen molar-refractivity contribution in [1.82, 2.24) is 19.9 Å². The van der Waals surface area contributed by atoms with Crippen molar-refractivity contribution in [2.24, 2.45) is 0 Å². The molecule has 4 nitrogen and oxygen atoms in total. The topological polar surface area (TPSA) is 51.6 Å². The first-order valence-corrected chi connectivity index (χ1v) is 15.4. The molecule has 0 amide bonds. The average Bonchev–Trinajstić information content (AvgIpc) is 3.14. The molecular formula is C42H26N4. The number of para-hydroxylation sites is 1. The summed E-state index contributed by atoms with van der Waals surface area (Å²) in [7, 11) is 0. The van der Waals surface area contributed by atoms with Crippen molar-refractivity contribution in [2.75, 3.05) is 0 Å².